The maximum Gasteiger partial charge on any atom is 0.251 e. The van der Waals surface area contributed by atoms with Crippen LogP contribution in [0.15, 0.2) is 109 Å². The molecule has 35 heavy (non-hydrogen) atoms. The largest absolute Gasteiger partial charge is 0.457 e. The average Bonchev–Trinajstić information content (AvgIpc) is 2.90. The first-order chi connectivity index (χ1) is 17.1. The molecule has 1 unspecified atom stereocenters. The minimum absolute atomic E-state index is 0.0934. The lowest BCUT2D eigenvalue weighted by atomic mass is 10.1. The van der Waals surface area contributed by atoms with Crippen molar-refractivity contribution in [1.82, 2.24) is 5.32 Å². The highest BCUT2D eigenvalue weighted by Crippen LogP contribution is 2.22. The summed E-state index contributed by atoms with van der Waals surface area (Å²) in [5, 5.41) is 8.92. The Balaban J connectivity index is 1.23. The van der Waals surface area contributed by atoms with Crippen molar-refractivity contribution in [2.45, 2.75) is 13.0 Å². The molecule has 2 amide bonds. The number of hydrogen-bond donors (Lipinski definition) is 3. The SMILES string of the molecule is CC(NC(=O)c1ccc(NCC(=O)Nc2ccc(Oc3ccccc3)cc2)cc1)c1ccccc1. The van der Waals surface area contributed by atoms with Crippen LogP contribution in [0.3, 0.4) is 0 Å². The molecule has 176 valence electrons. The second kappa shape index (κ2) is 11.5. The Morgan fingerprint density at radius 2 is 1.29 bits per heavy atom. The van der Waals surface area contributed by atoms with Gasteiger partial charge in [0.1, 0.15) is 11.5 Å². The van der Waals surface area contributed by atoms with Gasteiger partial charge in [-0.3, -0.25) is 9.59 Å². The summed E-state index contributed by atoms with van der Waals surface area (Å²) >= 11 is 0. The van der Waals surface area contributed by atoms with Crippen LogP contribution in [-0.4, -0.2) is 18.4 Å². The summed E-state index contributed by atoms with van der Waals surface area (Å²) in [4.78, 5) is 24.9. The molecule has 0 aromatic heterocycles. The van der Waals surface area contributed by atoms with E-state index < -0.39 is 0 Å². The van der Waals surface area contributed by atoms with Crippen molar-refractivity contribution in [2.75, 3.05) is 17.2 Å². The predicted octanol–water partition coefficient (Wildman–Crippen LogP) is 6.02. The van der Waals surface area contributed by atoms with Gasteiger partial charge in [-0.25, -0.2) is 0 Å². The van der Waals surface area contributed by atoms with E-state index >= 15 is 0 Å². The van der Waals surface area contributed by atoms with Crippen LogP contribution < -0.4 is 20.7 Å². The highest BCUT2D eigenvalue weighted by Gasteiger charge is 2.11. The highest BCUT2D eigenvalue weighted by atomic mass is 16.5. The number of anilines is 2. The standard InChI is InChI=1S/C29H27N3O3/c1-21(22-8-4-2-5-9-22)31-29(34)23-12-14-24(15-13-23)30-20-28(33)32-25-16-18-27(19-17-25)35-26-10-6-3-7-11-26/h2-19,21,30H,20H2,1H3,(H,31,34)(H,32,33). The van der Waals surface area contributed by atoms with Gasteiger partial charge >= 0.3 is 0 Å². The van der Waals surface area contributed by atoms with E-state index in [0.717, 1.165) is 17.0 Å². The number of benzene rings is 4. The Labute approximate surface area is 205 Å². The molecular formula is C29H27N3O3. The molecule has 0 heterocycles. The van der Waals surface area contributed by atoms with Gasteiger partial charge in [0.05, 0.1) is 12.6 Å². The predicted molar refractivity (Wildman–Crippen MR) is 139 cm³/mol. The molecule has 6 nitrogen and oxygen atoms in total. The third-order valence-corrected chi connectivity index (χ3v) is 5.36. The van der Waals surface area contributed by atoms with Gasteiger partial charge in [0.2, 0.25) is 5.91 Å². The van der Waals surface area contributed by atoms with Crippen molar-refractivity contribution in [3.63, 3.8) is 0 Å². The molecular weight excluding hydrogens is 438 g/mol. The van der Waals surface area contributed by atoms with Gasteiger partial charge < -0.3 is 20.7 Å². The fraction of sp³-hybridized carbons (Fsp3) is 0.103. The van der Waals surface area contributed by atoms with Crippen molar-refractivity contribution in [3.05, 3.63) is 120 Å². The Bertz CT molecular complexity index is 1240. The molecule has 0 fully saturated rings. The van der Waals surface area contributed by atoms with Crippen LogP contribution >= 0.6 is 0 Å². The van der Waals surface area contributed by atoms with Crippen LogP contribution in [0.4, 0.5) is 11.4 Å². The summed E-state index contributed by atoms with van der Waals surface area (Å²) in [6, 6.07) is 33.4. The van der Waals surface area contributed by atoms with Gasteiger partial charge in [-0.2, -0.15) is 0 Å². The third-order valence-electron chi connectivity index (χ3n) is 5.36. The zero-order valence-corrected chi connectivity index (χ0v) is 19.4. The van der Waals surface area contributed by atoms with Gasteiger partial charge in [-0.1, -0.05) is 48.5 Å². The van der Waals surface area contributed by atoms with Crippen LogP contribution in [0.2, 0.25) is 0 Å². The Morgan fingerprint density at radius 1 is 0.714 bits per heavy atom. The quantitative estimate of drug-likeness (QED) is 0.282. The summed E-state index contributed by atoms with van der Waals surface area (Å²) in [6.07, 6.45) is 0. The van der Waals surface area contributed by atoms with Gasteiger partial charge in [0, 0.05) is 16.9 Å². The molecule has 0 aliphatic heterocycles. The molecule has 0 radical (unpaired) electrons. The van der Waals surface area contributed by atoms with Crippen molar-refractivity contribution < 1.29 is 14.3 Å². The van der Waals surface area contributed by atoms with Crippen LogP contribution in [0.1, 0.15) is 28.9 Å². The minimum Gasteiger partial charge on any atom is -0.457 e. The van der Waals surface area contributed by atoms with Crippen molar-refractivity contribution in [3.8, 4) is 11.5 Å². The van der Waals surface area contributed by atoms with Gasteiger partial charge in [0.25, 0.3) is 5.91 Å². The molecule has 3 N–H and O–H groups in total. The molecule has 4 aromatic carbocycles. The molecule has 4 rings (SSSR count). The Hall–Kier alpha value is -4.58. The lowest BCUT2D eigenvalue weighted by Gasteiger charge is -2.14. The number of hydrogen-bond acceptors (Lipinski definition) is 4. The second-order valence-electron chi connectivity index (χ2n) is 8.02. The number of rotatable bonds is 9. The maximum atomic E-state index is 12.5. The zero-order valence-electron chi connectivity index (χ0n) is 19.4. The Morgan fingerprint density at radius 3 is 1.94 bits per heavy atom. The monoisotopic (exact) mass is 465 g/mol. The van der Waals surface area contributed by atoms with Crippen molar-refractivity contribution >= 4 is 23.2 Å². The third kappa shape index (κ3) is 6.95. The number of nitrogens with one attached hydrogen (secondary N) is 3. The van der Waals surface area contributed by atoms with E-state index in [1.807, 2.05) is 67.6 Å². The van der Waals surface area contributed by atoms with E-state index in [0.29, 0.717) is 17.0 Å². The van der Waals surface area contributed by atoms with E-state index in [-0.39, 0.29) is 24.4 Å². The maximum absolute atomic E-state index is 12.5. The van der Waals surface area contributed by atoms with Crippen molar-refractivity contribution in [2.24, 2.45) is 0 Å². The fourth-order valence-electron chi connectivity index (χ4n) is 3.46. The van der Waals surface area contributed by atoms with Crippen LogP contribution in [-0.2, 0) is 4.79 Å². The van der Waals surface area contributed by atoms with E-state index in [1.54, 1.807) is 48.5 Å². The van der Waals surface area contributed by atoms with E-state index in [2.05, 4.69) is 16.0 Å². The molecule has 0 saturated heterocycles. The summed E-state index contributed by atoms with van der Waals surface area (Å²) in [5.74, 6) is 1.11. The fourth-order valence-corrected chi connectivity index (χ4v) is 3.46. The molecule has 0 aliphatic rings. The summed E-state index contributed by atoms with van der Waals surface area (Å²) in [7, 11) is 0. The van der Waals surface area contributed by atoms with Crippen LogP contribution in [0, 0.1) is 0 Å². The number of amides is 2. The number of ether oxygens (including phenoxy) is 1. The molecule has 0 bridgehead atoms. The summed E-state index contributed by atoms with van der Waals surface area (Å²) in [5.41, 5.74) is 3.03. The highest BCUT2D eigenvalue weighted by molar-refractivity contribution is 5.95. The second-order valence-corrected chi connectivity index (χ2v) is 8.02. The summed E-state index contributed by atoms with van der Waals surface area (Å²) < 4.78 is 5.76. The lowest BCUT2D eigenvalue weighted by molar-refractivity contribution is -0.114. The van der Waals surface area contributed by atoms with E-state index in [9.17, 15) is 9.59 Å². The first kappa shape index (κ1) is 23.6. The molecule has 0 spiro atoms. The normalized spacial score (nSPS) is 11.2. The minimum atomic E-state index is -0.180. The van der Waals surface area contributed by atoms with Gasteiger partial charge in [-0.15, -0.1) is 0 Å². The van der Waals surface area contributed by atoms with Crippen molar-refractivity contribution in [1.29, 1.82) is 0 Å². The summed E-state index contributed by atoms with van der Waals surface area (Å²) in [6.45, 7) is 2.05. The Kier molecular flexibility index (Phi) is 7.76. The molecule has 0 aliphatic carbocycles. The lowest BCUT2D eigenvalue weighted by Crippen LogP contribution is -2.26. The number of carbonyl (C=O) groups is 2. The van der Waals surface area contributed by atoms with Crippen LogP contribution in [0.5, 0.6) is 11.5 Å². The van der Waals surface area contributed by atoms with E-state index in [4.69, 9.17) is 4.74 Å². The van der Waals surface area contributed by atoms with Crippen LogP contribution in [0.25, 0.3) is 0 Å². The molecule has 6 heteroatoms. The molecule has 0 saturated carbocycles. The number of para-hydroxylation sites is 1. The van der Waals surface area contributed by atoms with Gasteiger partial charge in [-0.05, 0) is 73.2 Å². The zero-order chi connectivity index (χ0) is 24.5. The average molecular weight is 466 g/mol. The molecule has 4 aromatic rings. The number of carbonyl (C=O) groups excluding carboxylic acids is 2. The smallest absolute Gasteiger partial charge is 0.251 e. The van der Waals surface area contributed by atoms with E-state index in [1.165, 1.54) is 0 Å². The first-order valence-electron chi connectivity index (χ1n) is 11.4. The first-order valence-corrected chi connectivity index (χ1v) is 11.4. The topological polar surface area (TPSA) is 79.5 Å². The molecule has 1 atom stereocenters. The van der Waals surface area contributed by atoms with Gasteiger partial charge in [0.15, 0.2) is 0 Å².